The van der Waals surface area contributed by atoms with Crippen LogP contribution in [0.2, 0.25) is 0 Å². The van der Waals surface area contributed by atoms with Crippen LogP contribution >= 0.6 is 12.4 Å². The third-order valence-electron chi connectivity index (χ3n) is 4.93. The maximum Gasteiger partial charge on any atom is 0.241 e. The summed E-state index contributed by atoms with van der Waals surface area (Å²) in [4.78, 5) is 0.309. The molecular formula is C19H27ClN2O3S. The van der Waals surface area contributed by atoms with Gasteiger partial charge in [0.1, 0.15) is 5.75 Å². The van der Waals surface area contributed by atoms with E-state index in [-0.39, 0.29) is 17.8 Å². The van der Waals surface area contributed by atoms with Gasteiger partial charge in [-0.3, -0.25) is 0 Å². The van der Waals surface area contributed by atoms with Gasteiger partial charge in [0.15, 0.2) is 0 Å². The minimum absolute atomic E-state index is 0. The number of rotatable bonds is 6. The monoisotopic (exact) mass is 398 g/mol. The normalized spacial score (nSPS) is 16.8. The standard InChI is InChI=1S/C19H26N2O3S.ClH/c1-3-24-17-8-9-18(16-7-5-4-6-15(16)17)25(22,23)21-14-19(2)10-12-20-13-11-19;/h4-9,20-21H,3,10-14H2,1-2H3;1H. The molecule has 3 rings (SSSR count). The quantitative estimate of drug-likeness (QED) is 0.783. The van der Waals surface area contributed by atoms with Gasteiger partial charge in [-0.1, -0.05) is 31.2 Å². The highest BCUT2D eigenvalue weighted by Crippen LogP contribution is 2.32. The average Bonchev–Trinajstić information content (AvgIpc) is 2.61. The van der Waals surface area contributed by atoms with E-state index in [1.165, 1.54) is 0 Å². The van der Waals surface area contributed by atoms with Crippen LogP contribution in [-0.4, -0.2) is 34.7 Å². The first kappa shape index (κ1) is 21.0. The number of halogens is 1. The van der Waals surface area contributed by atoms with Crippen LogP contribution < -0.4 is 14.8 Å². The minimum Gasteiger partial charge on any atom is -0.493 e. The van der Waals surface area contributed by atoms with E-state index in [1.807, 2.05) is 31.2 Å². The fraction of sp³-hybridized carbons (Fsp3) is 0.474. The maximum absolute atomic E-state index is 12.9. The SMILES string of the molecule is CCOc1ccc(S(=O)(=O)NCC2(C)CCNCC2)c2ccccc12.Cl. The molecule has 1 aliphatic rings. The molecule has 0 amide bonds. The summed E-state index contributed by atoms with van der Waals surface area (Å²) in [5.74, 6) is 0.711. The summed E-state index contributed by atoms with van der Waals surface area (Å²) >= 11 is 0. The van der Waals surface area contributed by atoms with E-state index in [0.717, 1.165) is 31.3 Å². The fourth-order valence-corrected chi connectivity index (χ4v) is 4.72. The van der Waals surface area contributed by atoms with Crippen LogP contribution in [0.3, 0.4) is 0 Å². The molecule has 0 aromatic heterocycles. The lowest BCUT2D eigenvalue weighted by molar-refractivity contribution is 0.232. The van der Waals surface area contributed by atoms with E-state index >= 15 is 0 Å². The second-order valence-corrected chi connectivity index (χ2v) is 8.66. The molecule has 26 heavy (non-hydrogen) atoms. The summed E-state index contributed by atoms with van der Waals surface area (Å²) in [5, 5.41) is 4.83. The molecule has 0 atom stereocenters. The Labute approximate surface area is 162 Å². The van der Waals surface area contributed by atoms with Gasteiger partial charge < -0.3 is 10.1 Å². The number of fused-ring (bicyclic) bond motifs is 1. The van der Waals surface area contributed by atoms with Crippen LogP contribution in [-0.2, 0) is 10.0 Å². The van der Waals surface area contributed by atoms with Crippen molar-refractivity contribution in [3.8, 4) is 5.75 Å². The van der Waals surface area contributed by atoms with Gasteiger partial charge in [0, 0.05) is 17.3 Å². The second-order valence-electron chi connectivity index (χ2n) is 6.93. The number of ether oxygens (including phenoxy) is 1. The molecule has 0 saturated carbocycles. The van der Waals surface area contributed by atoms with E-state index < -0.39 is 10.0 Å². The van der Waals surface area contributed by atoms with Crippen LogP contribution in [0, 0.1) is 5.41 Å². The summed E-state index contributed by atoms with van der Waals surface area (Å²) in [7, 11) is -3.58. The summed E-state index contributed by atoms with van der Waals surface area (Å²) in [6.07, 6.45) is 1.94. The fourth-order valence-electron chi connectivity index (χ4n) is 3.31. The summed E-state index contributed by atoms with van der Waals surface area (Å²) < 4.78 is 34.3. The van der Waals surface area contributed by atoms with E-state index in [4.69, 9.17) is 4.74 Å². The van der Waals surface area contributed by atoms with Crippen LogP contribution in [0.5, 0.6) is 5.75 Å². The van der Waals surface area contributed by atoms with Gasteiger partial charge in [-0.05, 0) is 50.4 Å². The molecule has 2 aromatic carbocycles. The van der Waals surface area contributed by atoms with Gasteiger partial charge in [-0.2, -0.15) is 0 Å². The molecule has 1 heterocycles. The second kappa shape index (κ2) is 8.57. The van der Waals surface area contributed by atoms with Crippen molar-refractivity contribution in [2.45, 2.75) is 31.6 Å². The number of piperidine rings is 1. The van der Waals surface area contributed by atoms with E-state index in [0.29, 0.717) is 29.2 Å². The summed E-state index contributed by atoms with van der Waals surface area (Å²) in [6.45, 7) is 6.93. The van der Waals surface area contributed by atoms with Gasteiger partial charge in [0.05, 0.1) is 11.5 Å². The number of sulfonamides is 1. The summed E-state index contributed by atoms with van der Waals surface area (Å²) in [5.41, 5.74) is -0.000609. The molecule has 5 nitrogen and oxygen atoms in total. The van der Waals surface area contributed by atoms with Gasteiger partial charge in [-0.25, -0.2) is 13.1 Å². The van der Waals surface area contributed by atoms with Crippen LogP contribution in [0.25, 0.3) is 10.8 Å². The number of hydrogen-bond donors (Lipinski definition) is 2. The Morgan fingerprint density at radius 1 is 1.12 bits per heavy atom. The van der Waals surface area contributed by atoms with Crippen molar-refractivity contribution >= 4 is 33.2 Å². The molecule has 0 radical (unpaired) electrons. The highest BCUT2D eigenvalue weighted by molar-refractivity contribution is 7.89. The Hall–Kier alpha value is -1.34. The van der Waals surface area contributed by atoms with Crippen molar-refractivity contribution in [2.24, 2.45) is 5.41 Å². The zero-order valence-corrected chi connectivity index (χ0v) is 16.9. The molecule has 0 aliphatic carbocycles. The van der Waals surface area contributed by atoms with Gasteiger partial charge >= 0.3 is 0 Å². The molecule has 2 aromatic rings. The number of nitrogens with one attached hydrogen (secondary N) is 2. The number of hydrogen-bond acceptors (Lipinski definition) is 4. The Morgan fingerprint density at radius 3 is 2.42 bits per heavy atom. The predicted molar refractivity (Wildman–Crippen MR) is 108 cm³/mol. The van der Waals surface area contributed by atoms with E-state index in [9.17, 15) is 8.42 Å². The minimum atomic E-state index is -3.58. The zero-order valence-electron chi connectivity index (χ0n) is 15.2. The van der Waals surface area contributed by atoms with Gasteiger partial charge in [0.2, 0.25) is 10.0 Å². The van der Waals surface area contributed by atoms with E-state index in [2.05, 4.69) is 17.0 Å². The molecular weight excluding hydrogens is 372 g/mol. The molecule has 0 unspecified atom stereocenters. The van der Waals surface area contributed by atoms with Gasteiger partial charge in [-0.15, -0.1) is 12.4 Å². The highest BCUT2D eigenvalue weighted by Gasteiger charge is 2.29. The van der Waals surface area contributed by atoms with Crippen molar-refractivity contribution in [3.63, 3.8) is 0 Å². The lowest BCUT2D eigenvalue weighted by Gasteiger charge is -2.34. The first-order valence-electron chi connectivity index (χ1n) is 8.80. The van der Waals surface area contributed by atoms with Crippen molar-refractivity contribution in [3.05, 3.63) is 36.4 Å². The first-order valence-corrected chi connectivity index (χ1v) is 10.3. The van der Waals surface area contributed by atoms with Gasteiger partial charge in [0.25, 0.3) is 0 Å². The Morgan fingerprint density at radius 2 is 1.77 bits per heavy atom. The van der Waals surface area contributed by atoms with Crippen molar-refractivity contribution < 1.29 is 13.2 Å². The molecule has 7 heteroatoms. The van der Waals surface area contributed by atoms with Crippen molar-refractivity contribution in [1.29, 1.82) is 0 Å². The van der Waals surface area contributed by atoms with Crippen LogP contribution in [0.4, 0.5) is 0 Å². The smallest absolute Gasteiger partial charge is 0.241 e. The molecule has 2 N–H and O–H groups in total. The Kier molecular flexibility index (Phi) is 6.91. The first-order chi connectivity index (χ1) is 12.0. The average molecular weight is 399 g/mol. The molecule has 1 aliphatic heterocycles. The van der Waals surface area contributed by atoms with Crippen LogP contribution in [0.1, 0.15) is 26.7 Å². The molecule has 144 valence electrons. The predicted octanol–water partition coefficient (Wildman–Crippen LogP) is 3.33. The maximum atomic E-state index is 12.9. The largest absolute Gasteiger partial charge is 0.493 e. The summed E-state index contributed by atoms with van der Waals surface area (Å²) in [6, 6.07) is 10.9. The number of benzene rings is 2. The highest BCUT2D eigenvalue weighted by atomic mass is 35.5. The molecule has 1 fully saturated rings. The molecule has 1 saturated heterocycles. The van der Waals surface area contributed by atoms with E-state index in [1.54, 1.807) is 12.1 Å². The third-order valence-corrected chi connectivity index (χ3v) is 6.39. The molecule has 0 bridgehead atoms. The Balaban J connectivity index is 0.00000243. The van der Waals surface area contributed by atoms with Crippen LogP contribution in [0.15, 0.2) is 41.3 Å². The Bertz CT molecular complexity index is 849. The third kappa shape index (κ3) is 4.49. The lowest BCUT2D eigenvalue weighted by Crippen LogP contribution is -2.42. The lowest BCUT2D eigenvalue weighted by atomic mass is 9.81. The van der Waals surface area contributed by atoms with Crippen molar-refractivity contribution in [2.75, 3.05) is 26.2 Å². The topological polar surface area (TPSA) is 67.4 Å². The van der Waals surface area contributed by atoms with Crippen molar-refractivity contribution in [1.82, 2.24) is 10.0 Å². The molecule has 0 spiro atoms. The zero-order chi connectivity index (χ0) is 17.9.